The molecule has 1 amide bonds. The Balaban J connectivity index is 1.68. The molecule has 4 nitrogen and oxygen atoms in total. The lowest BCUT2D eigenvalue weighted by molar-refractivity contribution is -0.438. The smallest absolute Gasteiger partial charge is 0.266 e. The van der Waals surface area contributed by atoms with Crippen LogP contribution in [0.2, 0.25) is 0 Å². The minimum absolute atomic E-state index is 0.104. The fraction of sp³-hybridized carbons (Fsp3) is 0.263. The fourth-order valence-electron chi connectivity index (χ4n) is 2.66. The van der Waals surface area contributed by atoms with Crippen LogP contribution in [0.15, 0.2) is 48.5 Å². The van der Waals surface area contributed by atoms with Gasteiger partial charge in [0, 0.05) is 6.42 Å². The largest absolute Gasteiger partial charge is 0.358 e. The van der Waals surface area contributed by atoms with E-state index in [1.54, 1.807) is 4.90 Å². The van der Waals surface area contributed by atoms with Gasteiger partial charge < -0.3 is 0 Å². The van der Waals surface area contributed by atoms with Crippen LogP contribution in [0.3, 0.4) is 0 Å². The van der Waals surface area contributed by atoms with Crippen molar-refractivity contribution >= 4 is 17.6 Å². The summed E-state index contributed by atoms with van der Waals surface area (Å²) >= 11 is 0. The van der Waals surface area contributed by atoms with E-state index < -0.39 is 0 Å². The van der Waals surface area contributed by atoms with Crippen molar-refractivity contribution in [3.63, 3.8) is 0 Å². The maximum atomic E-state index is 12.1. The average molecular weight is 308 g/mol. The summed E-state index contributed by atoms with van der Waals surface area (Å²) in [5.41, 5.74) is 4.72. The summed E-state index contributed by atoms with van der Waals surface area (Å²) in [6.45, 7) is 5.20. The number of aryl methyl sites for hydroxylation is 2. The maximum Gasteiger partial charge on any atom is 0.358 e. The van der Waals surface area contributed by atoms with E-state index in [9.17, 15) is 4.79 Å². The van der Waals surface area contributed by atoms with Crippen LogP contribution in [-0.2, 0) is 11.2 Å². The molecule has 0 aliphatic carbocycles. The van der Waals surface area contributed by atoms with Gasteiger partial charge in [-0.3, -0.25) is 9.79 Å². The Labute approximate surface area is 136 Å². The molecule has 4 heteroatoms. The van der Waals surface area contributed by atoms with Gasteiger partial charge in [-0.1, -0.05) is 36.4 Å². The highest BCUT2D eigenvalue weighted by Gasteiger charge is 2.32. The second-order valence-corrected chi connectivity index (χ2v) is 5.91. The first-order valence-corrected chi connectivity index (χ1v) is 7.93. The van der Waals surface area contributed by atoms with E-state index in [0.29, 0.717) is 13.1 Å². The molecule has 1 aliphatic heterocycles. The summed E-state index contributed by atoms with van der Waals surface area (Å²) in [5, 5.41) is 3.34. The first kappa shape index (κ1) is 15.3. The Hall–Kier alpha value is -2.62. The zero-order valence-corrected chi connectivity index (χ0v) is 13.6. The van der Waals surface area contributed by atoms with Gasteiger partial charge in [0.25, 0.3) is 0 Å². The predicted molar refractivity (Wildman–Crippen MR) is 92.2 cm³/mol. The summed E-state index contributed by atoms with van der Waals surface area (Å²) < 4.78 is 0. The van der Waals surface area contributed by atoms with E-state index in [1.807, 2.05) is 24.3 Å². The Bertz CT molecular complexity index is 738. The van der Waals surface area contributed by atoms with Gasteiger partial charge in [-0.2, -0.15) is 4.90 Å². The number of rotatable bonds is 4. The van der Waals surface area contributed by atoms with Crippen LogP contribution < -0.4 is 10.3 Å². The SMILES string of the molecule is Cc1ccc(NC2=[NH+]CC(=O)N2CCc2ccccc2)cc1C. The van der Waals surface area contributed by atoms with Crippen molar-refractivity contribution in [2.75, 3.05) is 18.4 Å². The zero-order chi connectivity index (χ0) is 16.2. The van der Waals surface area contributed by atoms with Crippen LogP contribution in [0.4, 0.5) is 5.69 Å². The van der Waals surface area contributed by atoms with Crippen molar-refractivity contribution in [1.29, 1.82) is 0 Å². The third kappa shape index (κ3) is 3.59. The number of carbonyl (C=O) groups excluding carboxylic acids is 1. The number of hydrogen-bond donors (Lipinski definition) is 2. The number of nitrogens with one attached hydrogen (secondary N) is 2. The van der Waals surface area contributed by atoms with E-state index in [0.717, 1.165) is 18.1 Å². The average Bonchev–Trinajstić information content (AvgIpc) is 2.90. The van der Waals surface area contributed by atoms with E-state index in [-0.39, 0.29) is 5.91 Å². The van der Waals surface area contributed by atoms with Gasteiger partial charge in [-0.05, 0) is 42.7 Å². The van der Waals surface area contributed by atoms with Crippen molar-refractivity contribution in [3.8, 4) is 0 Å². The first-order chi connectivity index (χ1) is 11.1. The lowest BCUT2D eigenvalue weighted by Gasteiger charge is -2.13. The normalized spacial score (nSPS) is 14.1. The van der Waals surface area contributed by atoms with Gasteiger partial charge >= 0.3 is 11.9 Å². The number of guanidine groups is 1. The maximum absolute atomic E-state index is 12.1. The highest BCUT2D eigenvalue weighted by Crippen LogP contribution is 2.14. The van der Waals surface area contributed by atoms with Crippen LogP contribution in [-0.4, -0.2) is 29.9 Å². The van der Waals surface area contributed by atoms with Crippen molar-refractivity contribution in [1.82, 2.24) is 4.90 Å². The monoisotopic (exact) mass is 308 g/mol. The van der Waals surface area contributed by atoms with Gasteiger partial charge in [0.2, 0.25) is 0 Å². The molecule has 0 aromatic heterocycles. The molecule has 2 aromatic rings. The molecule has 0 spiro atoms. The summed E-state index contributed by atoms with van der Waals surface area (Å²) in [6, 6.07) is 16.5. The van der Waals surface area contributed by atoms with Crippen molar-refractivity contribution < 1.29 is 9.79 Å². The van der Waals surface area contributed by atoms with Crippen LogP contribution >= 0.6 is 0 Å². The molecule has 23 heavy (non-hydrogen) atoms. The number of carbonyl (C=O) groups is 1. The molecule has 0 atom stereocenters. The van der Waals surface area contributed by atoms with E-state index in [1.165, 1.54) is 16.7 Å². The summed E-state index contributed by atoms with van der Waals surface area (Å²) in [5.74, 6) is 0.876. The van der Waals surface area contributed by atoms with Crippen molar-refractivity contribution in [3.05, 3.63) is 65.2 Å². The second kappa shape index (κ2) is 6.65. The third-order valence-corrected chi connectivity index (χ3v) is 4.21. The molecule has 2 aromatic carbocycles. The van der Waals surface area contributed by atoms with Crippen molar-refractivity contribution in [2.24, 2.45) is 0 Å². The molecule has 0 fully saturated rings. The van der Waals surface area contributed by atoms with E-state index in [4.69, 9.17) is 0 Å². The molecule has 118 valence electrons. The summed E-state index contributed by atoms with van der Waals surface area (Å²) in [4.78, 5) is 17.1. The molecule has 2 N–H and O–H groups in total. The molecule has 0 unspecified atom stereocenters. The van der Waals surface area contributed by atoms with Crippen LogP contribution in [0.5, 0.6) is 0 Å². The van der Waals surface area contributed by atoms with Gasteiger partial charge in [-0.15, -0.1) is 0 Å². The fourth-order valence-corrected chi connectivity index (χ4v) is 2.66. The molecule has 0 radical (unpaired) electrons. The van der Waals surface area contributed by atoms with Crippen LogP contribution in [0.25, 0.3) is 0 Å². The molecular formula is C19H22N3O+. The number of hydrogen-bond acceptors (Lipinski definition) is 2. The van der Waals surface area contributed by atoms with E-state index in [2.05, 4.69) is 48.4 Å². The zero-order valence-electron chi connectivity index (χ0n) is 13.6. The van der Waals surface area contributed by atoms with Gasteiger partial charge in [-0.25, -0.2) is 5.32 Å². The van der Waals surface area contributed by atoms with Crippen LogP contribution in [0.1, 0.15) is 16.7 Å². The lowest BCUT2D eigenvalue weighted by Crippen LogP contribution is -2.72. The van der Waals surface area contributed by atoms with Crippen LogP contribution in [0, 0.1) is 13.8 Å². The quantitative estimate of drug-likeness (QED) is 0.893. The molecule has 1 aliphatic rings. The minimum atomic E-state index is 0.104. The van der Waals surface area contributed by atoms with Gasteiger partial charge in [0.1, 0.15) is 0 Å². The molecule has 3 rings (SSSR count). The standard InChI is InChI=1S/C19H21N3O/c1-14-8-9-17(12-15(14)2)21-19-20-13-18(23)22(19)11-10-16-6-4-3-5-7-16/h3-9,12H,10-11,13H2,1-2H3,(H,20,21)/p+1. The second-order valence-electron chi connectivity index (χ2n) is 5.91. The molecule has 1 heterocycles. The molecule has 0 saturated carbocycles. The molecule has 0 bridgehead atoms. The minimum Gasteiger partial charge on any atom is -0.266 e. The third-order valence-electron chi connectivity index (χ3n) is 4.21. The number of amides is 1. The number of nitrogens with zero attached hydrogens (tertiary/aromatic N) is 1. The summed E-state index contributed by atoms with van der Waals surface area (Å²) in [6.07, 6.45) is 0.840. The topological polar surface area (TPSA) is 46.3 Å². The molecular weight excluding hydrogens is 286 g/mol. The van der Waals surface area contributed by atoms with Gasteiger partial charge in [0.15, 0.2) is 6.54 Å². The summed E-state index contributed by atoms with van der Waals surface area (Å²) in [7, 11) is 0. The van der Waals surface area contributed by atoms with Crippen molar-refractivity contribution in [2.45, 2.75) is 20.3 Å². The van der Waals surface area contributed by atoms with Gasteiger partial charge in [0.05, 0.1) is 12.2 Å². The van der Waals surface area contributed by atoms with E-state index >= 15 is 0 Å². The highest BCUT2D eigenvalue weighted by molar-refractivity contribution is 6.04. The Kier molecular flexibility index (Phi) is 4.42. The Morgan fingerprint density at radius 1 is 1.09 bits per heavy atom. The lowest BCUT2D eigenvalue weighted by atomic mass is 10.1. The first-order valence-electron chi connectivity index (χ1n) is 7.93. The Morgan fingerprint density at radius 3 is 2.61 bits per heavy atom. The highest BCUT2D eigenvalue weighted by atomic mass is 16.2. The number of anilines is 1. The predicted octanol–water partition coefficient (Wildman–Crippen LogP) is 1.24. The molecule has 0 saturated heterocycles. The Morgan fingerprint density at radius 2 is 1.87 bits per heavy atom. The number of benzene rings is 2.